The molecule has 4 aliphatic heterocycles. The third kappa shape index (κ3) is 2.82. The predicted molar refractivity (Wildman–Crippen MR) is 130 cm³/mol. The van der Waals surface area contributed by atoms with Crippen LogP contribution in [0.3, 0.4) is 0 Å². The topological polar surface area (TPSA) is 105 Å². The van der Waals surface area contributed by atoms with E-state index < -0.39 is 41.5 Å². The summed E-state index contributed by atoms with van der Waals surface area (Å²) in [6.07, 6.45) is 7.75. The Morgan fingerprint density at radius 2 is 2.08 bits per heavy atom. The Morgan fingerprint density at radius 3 is 2.92 bits per heavy atom. The first kappa shape index (κ1) is 21.6. The molecule has 7 rings (SSSR count). The average Bonchev–Trinajstić information content (AvgIpc) is 3.69. The second-order valence-electron chi connectivity index (χ2n) is 10.4. The molecule has 1 aromatic carbocycles. The molecule has 3 aromatic rings. The monoisotopic (exact) mass is 485 g/mol. The van der Waals surface area contributed by atoms with Crippen molar-refractivity contribution in [2.24, 2.45) is 17.8 Å². The number of hydrogen-bond acceptors (Lipinski definition) is 5. The number of aromatic amines is 1. The van der Waals surface area contributed by atoms with Crippen molar-refractivity contribution in [3.8, 4) is 0 Å². The number of carbonyl (C=O) groups is 3. The van der Waals surface area contributed by atoms with Gasteiger partial charge in [-0.1, -0.05) is 37.3 Å². The SMILES string of the molecule is CC1C(=O)CC(c2ccco2)N2C(=O)[C@@H]3C(C(=O)NCCc4c[nH]c5ccccc45)C4C=C[C@@]3(O4)C12. The van der Waals surface area contributed by atoms with Crippen LogP contribution >= 0.6 is 0 Å². The summed E-state index contributed by atoms with van der Waals surface area (Å²) < 4.78 is 12.0. The number of nitrogens with one attached hydrogen (secondary N) is 2. The maximum Gasteiger partial charge on any atom is 0.230 e. The van der Waals surface area contributed by atoms with E-state index in [1.54, 1.807) is 23.3 Å². The summed E-state index contributed by atoms with van der Waals surface area (Å²) in [7, 11) is 0. The number of rotatable bonds is 5. The third-order valence-corrected chi connectivity index (χ3v) is 8.62. The zero-order valence-corrected chi connectivity index (χ0v) is 19.8. The molecule has 8 nitrogen and oxygen atoms in total. The van der Waals surface area contributed by atoms with Crippen LogP contribution in [0.2, 0.25) is 0 Å². The quantitative estimate of drug-likeness (QED) is 0.541. The van der Waals surface area contributed by atoms with Crippen LogP contribution in [0.5, 0.6) is 0 Å². The molecule has 2 N–H and O–H groups in total. The van der Waals surface area contributed by atoms with E-state index in [-0.39, 0.29) is 24.0 Å². The van der Waals surface area contributed by atoms with E-state index in [0.29, 0.717) is 18.7 Å². The first-order valence-corrected chi connectivity index (χ1v) is 12.6. The number of amides is 2. The van der Waals surface area contributed by atoms with Crippen LogP contribution in [0.25, 0.3) is 10.9 Å². The van der Waals surface area contributed by atoms with Gasteiger partial charge in [-0.25, -0.2) is 0 Å². The number of ether oxygens (including phenoxy) is 1. The fourth-order valence-electron chi connectivity index (χ4n) is 7.04. The Hall–Kier alpha value is -3.65. The molecule has 0 saturated carbocycles. The average molecular weight is 486 g/mol. The number of H-pyrrole nitrogens is 1. The molecule has 2 amide bonds. The van der Waals surface area contributed by atoms with Gasteiger partial charge in [-0.3, -0.25) is 14.4 Å². The number of nitrogens with zero attached hydrogens (tertiary/aromatic N) is 1. The Kier molecular flexibility index (Phi) is 4.61. The van der Waals surface area contributed by atoms with Crippen LogP contribution < -0.4 is 5.32 Å². The summed E-state index contributed by atoms with van der Waals surface area (Å²) >= 11 is 0. The highest BCUT2D eigenvalue weighted by Gasteiger charge is 2.74. The van der Waals surface area contributed by atoms with Gasteiger partial charge in [0.25, 0.3) is 0 Å². The molecule has 184 valence electrons. The summed E-state index contributed by atoms with van der Waals surface area (Å²) in [5, 5.41) is 4.20. The number of benzene rings is 1. The van der Waals surface area contributed by atoms with E-state index >= 15 is 0 Å². The highest BCUT2D eigenvalue weighted by atomic mass is 16.5. The van der Waals surface area contributed by atoms with Crippen LogP contribution in [0.15, 0.2) is 65.4 Å². The smallest absolute Gasteiger partial charge is 0.230 e. The number of para-hydroxylation sites is 1. The molecule has 3 fully saturated rings. The fraction of sp³-hybridized carbons (Fsp3) is 0.393. The molecule has 6 heterocycles. The van der Waals surface area contributed by atoms with Gasteiger partial charge >= 0.3 is 0 Å². The first-order valence-electron chi connectivity index (χ1n) is 12.6. The molecule has 0 aliphatic carbocycles. The number of carbonyl (C=O) groups excluding carboxylic acids is 3. The van der Waals surface area contributed by atoms with E-state index in [4.69, 9.17) is 9.15 Å². The van der Waals surface area contributed by atoms with E-state index in [2.05, 4.69) is 16.4 Å². The number of fused-ring (bicyclic) bond motifs is 3. The van der Waals surface area contributed by atoms with Crippen molar-refractivity contribution in [2.75, 3.05) is 6.54 Å². The minimum absolute atomic E-state index is 0.0764. The molecule has 1 spiro atoms. The number of ketones is 1. The van der Waals surface area contributed by atoms with E-state index in [0.717, 1.165) is 16.5 Å². The van der Waals surface area contributed by atoms with E-state index in [1.807, 2.05) is 43.5 Å². The molecular weight excluding hydrogens is 458 g/mol. The highest BCUT2D eigenvalue weighted by Crippen LogP contribution is 2.59. The van der Waals surface area contributed by atoms with Crippen LogP contribution in [-0.4, -0.2) is 51.8 Å². The lowest BCUT2D eigenvalue weighted by atomic mass is 9.70. The molecule has 0 radical (unpaired) electrons. The standard InChI is InChI=1S/C28H27N3O5/c1-15-20(32)13-19(21-7-4-12-35-21)31-25(15)28-10-8-22(36-28)23(24(28)27(31)34)26(33)29-11-9-16-14-30-18-6-3-2-5-17(16)18/h2-8,10,12,14-15,19,22-25,30H,9,11,13H2,1H3,(H,29,33)/t15?,19?,22?,23?,24-,25?,28-/m0/s1. The molecule has 7 atom stereocenters. The molecule has 2 bridgehead atoms. The lowest BCUT2D eigenvalue weighted by Gasteiger charge is -2.43. The van der Waals surface area contributed by atoms with Crippen molar-refractivity contribution in [2.45, 2.75) is 43.6 Å². The van der Waals surface area contributed by atoms with Gasteiger partial charge < -0.3 is 24.4 Å². The Balaban J connectivity index is 1.15. The molecule has 3 saturated heterocycles. The molecule has 5 unspecified atom stereocenters. The summed E-state index contributed by atoms with van der Waals surface area (Å²) in [5.41, 5.74) is 1.23. The lowest BCUT2D eigenvalue weighted by Crippen LogP contribution is -2.55. The maximum absolute atomic E-state index is 14.0. The zero-order chi connectivity index (χ0) is 24.6. The number of hydrogen-bond donors (Lipinski definition) is 2. The van der Waals surface area contributed by atoms with Crippen molar-refractivity contribution in [3.05, 3.63) is 72.3 Å². The Bertz CT molecular complexity index is 1410. The largest absolute Gasteiger partial charge is 0.467 e. The molecular formula is C28H27N3O5. The molecule has 2 aromatic heterocycles. The van der Waals surface area contributed by atoms with E-state index in [1.165, 1.54) is 0 Å². The van der Waals surface area contributed by atoms with Crippen LogP contribution in [0, 0.1) is 17.8 Å². The predicted octanol–water partition coefficient (Wildman–Crippen LogP) is 2.92. The number of Topliss-reactive ketones (excluding diaryl/α,β-unsaturated/α-hetero) is 1. The summed E-state index contributed by atoms with van der Waals surface area (Å²) in [6.45, 7) is 2.32. The van der Waals surface area contributed by atoms with Gasteiger partial charge in [-0.05, 0) is 30.2 Å². The van der Waals surface area contributed by atoms with Gasteiger partial charge in [0, 0.05) is 36.0 Å². The van der Waals surface area contributed by atoms with Crippen molar-refractivity contribution >= 4 is 28.5 Å². The number of piperidine rings is 1. The van der Waals surface area contributed by atoms with Gasteiger partial charge in [0.05, 0.1) is 36.3 Å². The second-order valence-corrected chi connectivity index (χ2v) is 10.4. The summed E-state index contributed by atoms with van der Waals surface area (Å²) in [6, 6.07) is 10.7. The number of furan rings is 1. The molecule has 36 heavy (non-hydrogen) atoms. The van der Waals surface area contributed by atoms with Gasteiger partial charge in [0.1, 0.15) is 17.1 Å². The van der Waals surface area contributed by atoms with Crippen LogP contribution in [0.4, 0.5) is 0 Å². The van der Waals surface area contributed by atoms with Gasteiger partial charge in [-0.2, -0.15) is 0 Å². The van der Waals surface area contributed by atoms with Crippen molar-refractivity contribution < 1.29 is 23.5 Å². The van der Waals surface area contributed by atoms with Crippen LogP contribution in [-0.2, 0) is 25.5 Å². The second kappa shape index (κ2) is 7.67. The maximum atomic E-state index is 14.0. The van der Waals surface area contributed by atoms with Crippen molar-refractivity contribution in [1.29, 1.82) is 0 Å². The van der Waals surface area contributed by atoms with Crippen molar-refractivity contribution in [1.82, 2.24) is 15.2 Å². The minimum Gasteiger partial charge on any atom is -0.467 e. The van der Waals surface area contributed by atoms with Gasteiger partial charge in [0.15, 0.2) is 0 Å². The summed E-state index contributed by atoms with van der Waals surface area (Å²) in [4.78, 5) is 45.5. The van der Waals surface area contributed by atoms with Gasteiger partial charge in [-0.15, -0.1) is 0 Å². The zero-order valence-electron chi connectivity index (χ0n) is 19.8. The lowest BCUT2D eigenvalue weighted by molar-refractivity contribution is -0.148. The van der Waals surface area contributed by atoms with Crippen molar-refractivity contribution in [3.63, 3.8) is 0 Å². The molecule has 4 aliphatic rings. The Labute approximate surface area is 207 Å². The normalized spacial score (nSPS) is 34.4. The fourth-order valence-corrected chi connectivity index (χ4v) is 7.04. The van der Waals surface area contributed by atoms with Crippen LogP contribution in [0.1, 0.15) is 30.7 Å². The highest BCUT2D eigenvalue weighted by molar-refractivity contribution is 5.96. The van der Waals surface area contributed by atoms with Gasteiger partial charge in [0.2, 0.25) is 11.8 Å². The molecule has 8 heteroatoms. The summed E-state index contributed by atoms with van der Waals surface area (Å²) in [5.74, 6) is -1.33. The Morgan fingerprint density at radius 1 is 1.22 bits per heavy atom. The third-order valence-electron chi connectivity index (χ3n) is 8.62. The minimum atomic E-state index is -0.971. The van der Waals surface area contributed by atoms with E-state index in [9.17, 15) is 14.4 Å². The number of aromatic nitrogens is 1. The first-order chi connectivity index (χ1) is 17.5.